The number of rotatable bonds is 5. The van der Waals surface area contributed by atoms with Crippen molar-refractivity contribution in [1.82, 2.24) is 9.62 Å². The Morgan fingerprint density at radius 3 is 2.52 bits per heavy atom. The van der Waals surface area contributed by atoms with Crippen molar-refractivity contribution in [2.45, 2.75) is 49.8 Å². The Bertz CT molecular complexity index is 784. The minimum Gasteiger partial charge on any atom is -0.325 e. The van der Waals surface area contributed by atoms with E-state index in [2.05, 4.69) is 19.9 Å². The fraction of sp³-hybridized carbons (Fsp3) is 0.579. The summed E-state index contributed by atoms with van der Waals surface area (Å²) in [6.45, 7) is 2.87. The molecule has 2 aliphatic rings. The minimum atomic E-state index is -3.68. The molecule has 2 heterocycles. The van der Waals surface area contributed by atoms with E-state index in [1.54, 1.807) is 12.1 Å². The number of carbonyl (C=O) groups is 1. The molecule has 8 heteroatoms. The second-order valence-electron chi connectivity index (χ2n) is 7.16. The van der Waals surface area contributed by atoms with Gasteiger partial charge in [0.15, 0.2) is 0 Å². The van der Waals surface area contributed by atoms with Gasteiger partial charge < -0.3 is 5.32 Å². The molecule has 3 rings (SSSR count). The molecule has 0 saturated carbocycles. The Labute approximate surface area is 161 Å². The van der Waals surface area contributed by atoms with Gasteiger partial charge in [0.05, 0.1) is 11.4 Å². The van der Waals surface area contributed by atoms with Crippen LogP contribution in [0.2, 0.25) is 0 Å². The highest BCUT2D eigenvalue weighted by Gasteiger charge is 2.19. The fourth-order valence-corrected chi connectivity index (χ4v) is 4.59. The molecule has 2 N–H and O–H groups in total. The number of likely N-dealkylation sites (tertiary alicyclic amines) is 1. The highest BCUT2D eigenvalue weighted by Crippen LogP contribution is 2.17. The number of carbonyl (C=O) groups excluding carboxylic acids is 1. The van der Waals surface area contributed by atoms with Gasteiger partial charge >= 0.3 is 0 Å². The van der Waals surface area contributed by atoms with Crippen molar-refractivity contribution >= 4 is 27.5 Å². The first-order valence-electron chi connectivity index (χ1n) is 9.71. The molecule has 0 radical (unpaired) electrons. The van der Waals surface area contributed by atoms with Crippen LogP contribution in [0.4, 0.5) is 5.69 Å². The van der Waals surface area contributed by atoms with E-state index in [4.69, 9.17) is 0 Å². The highest BCUT2D eigenvalue weighted by atomic mass is 32.2. The lowest BCUT2D eigenvalue weighted by Crippen LogP contribution is -2.35. The number of benzene rings is 1. The molecule has 7 nitrogen and oxygen atoms in total. The third kappa shape index (κ3) is 6.04. The monoisotopic (exact) mass is 392 g/mol. The summed E-state index contributed by atoms with van der Waals surface area (Å²) in [6.07, 6.45) is 7.47. The third-order valence-corrected chi connectivity index (χ3v) is 6.25. The van der Waals surface area contributed by atoms with Crippen LogP contribution in [0, 0.1) is 0 Å². The first-order chi connectivity index (χ1) is 13.0. The van der Waals surface area contributed by atoms with Crippen LogP contribution in [0.15, 0.2) is 34.2 Å². The summed E-state index contributed by atoms with van der Waals surface area (Å²) in [5.41, 5.74) is 0.489. The molecular weight excluding hydrogens is 364 g/mol. The van der Waals surface area contributed by atoms with Crippen LogP contribution < -0.4 is 10.0 Å². The highest BCUT2D eigenvalue weighted by molar-refractivity contribution is 7.90. The lowest BCUT2D eigenvalue weighted by molar-refractivity contribution is -0.117. The fourth-order valence-electron chi connectivity index (χ4n) is 3.45. The van der Waals surface area contributed by atoms with Gasteiger partial charge in [-0.2, -0.15) is 0 Å². The number of hydrogen-bond acceptors (Lipinski definition) is 5. The first kappa shape index (κ1) is 19.8. The van der Waals surface area contributed by atoms with E-state index in [9.17, 15) is 13.2 Å². The Morgan fingerprint density at radius 1 is 1.07 bits per heavy atom. The van der Waals surface area contributed by atoms with Gasteiger partial charge in [0.25, 0.3) is 10.0 Å². The van der Waals surface area contributed by atoms with Crippen LogP contribution in [0.3, 0.4) is 0 Å². The van der Waals surface area contributed by atoms with E-state index < -0.39 is 10.0 Å². The van der Waals surface area contributed by atoms with Gasteiger partial charge in [-0.3, -0.25) is 19.4 Å². The van der Waals surface area contributed by atoms with Crippen molar-refractivity contribution in [3.05, 3.63) is 24.3 Å². The number of nitrogens with zero attached hydrogens (tertiary/aromatic N) is 2. The van der Waals surface area contributed by atoms with Crippen LogP contribution in [0.25, 0.3) is 0 Å². The second kappa shape index (κ2) is 9.32. The maximum Gasteiger partial charge on any atom is 0.262 e. The number of aliphatic imine (C=N–C) groups is 1. The van der Waals surface area contributed by atoms with Gasteiger partial charge in [-0.1, -0.05) is 25.3 Å². The van der Waals surface area contributed by atoms with Gasteiger partial charge in [-0.05, 0) is 50.6 Å². The van der Waals surface area contributed by atoms with Crippen LogP contribution in [-0.2, 0) is 14.8 Å². The molecule has 1 fully saturated rings. The molecule has 1 aromatic carbocycles. The lowest BCUT2D eigenvalue weighted by atomic mass is 10.1. The molecule has 0 atom stereocenters. The zero-order valence-corrected chi connectivity index (χ0v) is 16.4. The summed E-state index contributed by atoms with van der Waals surface area (Å²) < 4.78 is 27.5. The Balaban J connectivity index is 1.60. The Hall–Kier alpha value is -1.93. The summed E-state index contributed by atoms with van der Waals surface area (Å²) in [5.74, 6) is 0.389. The molecule has 148 valence electrons. The van der Waals surface area contributed by atoms with Crippen LogP contribution >= 0.6 is 0 Å². The second-order valence-corrected chi connectivity index (χ2v) is 8.84. The van der Waals surface area contributed by atoms with Crippen molar-refractivity contribution in [1.29, 1.82) is 0 Å². The summed E-state index contributed by atoms with van der Waals surface area (Å²) in [4.78, 5) is 18.8. The van der Waals surface area contributed by atoms with Gasteiger partial charge in [0.2, 0.25) is 5.91 Å². The summed E-state index contributed by atoms with van der Waals surface area (Å²) in [5, 5.41) is 2.83. The quantitative estimate of drug-likeness (QED) is 0.805. The first-order valence-corrected chi connectivity index (χ1v) is 11.2. The van der Waals surface area contributed by atoms with E-state index in [0.717, 1.165) is 32.4 Å². The number of sulfonamides is 1. The zero-order chi connectivity index (χ0) is 19.1. The average molecular weight is 393 g/mol. The van der Waals surface area contributed by atoms with Gasteiger partial charge in [-0.15, -0.1) is 0 Å². The van der Waals surface area contributed by atoms with Crippen molar-refractivity contribution in [2.24, 2.45) is 4.99 Å². The summed E-state index contributed by atoms with van der Waals surface area (Å²) >= 11 is 0. The maximum atomic E-state index is 12.5. The smallest absolute Gasteiger partial charge is 0.262 e. The zero-order valence-electron chi connectivity index (χ0n) is 15.6. The molecule has 1 amide bonds. The van der Waals surface area contributed by atoms with E-state index in [1.807, 2.05) is 0 Å². The van der Waals surface area contributed by atoms with Gasteiger partial charge in [-0.25, -0.2) is 8.42 Å². The van der Waals surface area contributed by atoms with Crippen LogP contribution in [0.1, 0.15) is 44.9 Å². The van der Waals surface area contributed by atoms with Crippen molar-refractivity contribution in [3.63, 3.8) is 0 Å². The Morgan fingerprint density at radius 2 is 1.81 bits per heavy atom. The number of hydrogen-bond donors (Lipinski definition) is 2. The predicted molar refractivity (Wildman–Crippen MR) is 106 cm³/mol. The molecular formula is C19H28N4O3S. The molecule has 0 unspecified atom stereocenters. The minimum absolute atomic E-state index is 0.113. The molecule has 1 saturated heterocycles. The van der Waals surface area contributed by atoms with Crippen molar-refractivity contribution in [3.8, 4) is 0 Å². The normalized spacial score (nSPS) is 19.0. The topological polar surface area (TPSA) is 90.9 Å². The Kier molecular flexibility index (Phi) is 6.84. The molecule has 0 aliphatic carbocycles. The van der Waals surface area contributed by atoms with E-state index in [1.165, 1.54) is 31.4 Å². The number of amides is 1. The van der Waals surface area contributed by atoms with E-state index in [0.29, 0.717) is 31.0 Å². The number of amidine groups is 1. The van der Waals surface area contributed by atoms with E-state index in [-0.39, 0.29) is 10.8 Å². The number of nitrogens with one attached hydrogen (secondary N) is 2. The molecule has 2 aliphatic heterocycles. The maximum absolute atomic E-state index is 12.5. The molecule has 0 bridgehead atoms. The van der Waals surface area contributed by atoms with E-state index >= 15 is 0 Å². The van der Waals surface area contributed by atoms with Gasteiger partial charge in [0, 0.05) is 18.7 Å². The van der Waals surface area contributed by atoms with Gasteiger partial charge in [0.1, 0.15) is 5.84 Å². The predicted octanol–water partition coefficient (Wildman–Crippen LogP) is 2.36. The molecule has 27 heavy (non-hydrogen) atoms. The summed E-state index contributed by atoms with van der Waals surface area (Å²) in [7, 11) is -3.68. The standard InChI is InChI=1S/C19H28N4O3S/c24-19(15-23-12-4-2-1-3-5-13-23)21-16-8-6-9-17(14-16)27(25,26)22-18-10-7-11-20-18/h6,8-9,14H,1-5,7,10-13,15H2,(H,20,22)(H,21,24). The SMILES string of the molecule is O=C(CN1CCCCCCC1)Nc1cccc(S(=O)(=O)NC2=NCCC2)c1. The third-order valence-electron chi connectivity index (χ3n) is 4.87. The molecule has 0 aromatic heterocycles. The van der Waals surface area contributed by atoms with Crippen molar-refractivity contribution in [2.75, 3.05) is 31.5 Å². The summed E-state index contributed by atoms with van der Waals surface area (Å²) in [6, 6.07) is 6.35. The average Bonchev–Trinajstić information content (AvgIpc) is 3.10. The van der Waals surface area contributed by atoms with Crippen LogP contribution in [-0.4, -0.2) is 51.2 Å². The largest absolute Gasteiger partial charge is 0.325 e. The lowest BCUT2D eigenvalue weighted by Gasteiger charge is -2.23. The molecule has 1 aromatic rings. The van der Waals surface area contributed by atoms with Crippen LogP contribution in [0.5, 0.6) is 0 Å². The van der Waals surface area contributed by atoms with Crippen molar-refractivity contribution < 1.29 is 13.2 Å². The molecule has 0 spiro atoms. The number of anilines is 1.